The maximum atomic E-state index is 12.5. The monoisotopic (exact) mass is 393 g/mol. The molecule has 0 aliphatic heterocycles. The molecule has 0 aliphatic rings. The summed E-state index contributed by atoms with van der Waals surface area (Å²) in [4.78, 5) is 25.3. The van der Waals surface area contributed by atoms with Gasteiger partial charge in [0.15, 0.2) is 12.9 Å². The first kappa shape index (κ1) is 20.2. The van der Waals surface area contributed by atoms with Crippen molar-refractivity contribution in [1.29, 1.82) is 0 Å². The smallest absolute Gasteiger partial charge is 0.260 e. The third kappa shape index (κ3) is 4.85. The van der Waals surface area contributed by atoms with Crippen molar-refractivity contribution in [3.63, 3.8) is 0 Å². The first-order valence-electron chi connectivity index (χ1n) is 9.10. The van der Waals surface area contributed by atoms with Gasteiger partial charge < -0.3 is 19.1 Å². The Kier molecular flexibility index (Phi) is 6.34. The van der Waals surface area contributed by atoms with E-state index >= 15 is 0 Å². The Morgan fingerprint density at radius 1 is 0.931 bits per heavy atom. The molecule has 150 valence electrons. The maximum absolute atomic E-state index is 12.5. The van der Waals surface area contributed by atoms with Crippen molar-refractivity contribution in [2.24, 2.45) is 0 Å². The fraction of sp³-hybridized carbons (Fsp3) is 0.217. The molecule has 3 aromatic carbocycles. The molecule has 0 aliphatic carbocycles. The van der Waals surface area contributed by atoms with E-state index in [-0.39, 0.29) is 12.5 Å². The molecule has 0 radical (unpaired) electrons. The number of hydrogen-bond donors (Lipinski definition) is 0. The van der Waals surface area contributed by atoms with Crippen LogP contribution >= 0.6 is 0 Å². The van der Waals surface area contributed by atoms with Gasteiger partial charge in [0.2, 0.25) is 0 Å². The predicted molar refractivity (Wildman–Crippen MR) is 111 cm³/mol. The molecule has 6 heteroatoms. The zero-order chi connectivity index (χ0) is 20.8. The number of methoxy groups -OCH3 is 2. The molecule has 0 aromatic heterocycles. The molecule has 0 fully saturated rings. The van der Waals surface area contributed by atoms with E-state index in [0.717, 1.165) is 22.1 Å². The molecule has 29 heavy (non-hydrogen) atoms. The lowest BCUT2D eigenvalue weighted by Gasteiger charge is -2.18. The fourth-order valence-electron chi connectivity index (χ4n) is 2.99. The summed E-state index contributed by atoms with van der Waals surface area (Å²) < 4.78 is 15.9. The SMILES string of the molecule is COc1ccc(OCC(=O)N(C)Cc2ccc3cc(OC)ccc3c2)c(C=O)c1. The van der Waals surface area contributed by atoms with Gasteiger partial charge in [0.25, 0.3) is 5.91 Å². The number of aldehydes is 1. The van der Waals surface area contributed by atoms with E-state index in [4.69, 9.17) is 14.2 Å². The fourth-order valence-corrected chi connectivity index (χ4v) is 2.99. The highest BCUT2D eigenvalue weighted by molar-refractivity contribution is 5.85. The van der Waals surface area contributed by atoms with Gasteiger partial charge in [-0.3, -0.25) is 9.59 Å². The van der Waals surface area contributed by atoms with Gasteiger partial charge in [-0.2, -0.15) is 0 Å². The second-order valence-corrected chi connectivity index (χ2v) is 6.61. The molecule has 0 N–H and O–H groups in total. The van der Waals surface area contributed by atoms with Crippen LogP contribution in [0, 0.1) is 0 Å². The summed E-state index contributed by atoms with van der Waals surface area (Å²) in [5, 5.41) is 2.15. The van der Waals surface area contributed by atoms with Crippen LogP contribution in [0.3, 0.4) is 0 Å². The first-order chi connectivity index (χ1) is 14.0. The molecule has 6 nitrogen and oxygen atoms in total. The summed E-state index contributed by atoms with van der Waals surface area (Å²) in [5.41, 5.74) is 1.35. The van der Waals surface area contributed by atoms with E-state index in [1.807, 2.05) is 36.4 Å². The van der Waals surface area contributed by atoms with E-state index in [1.54, 1.807) is 37.3 Å². The second-order valence-electron chi connectivity index (χ2n) is 6.61. The summed E-state index contributed by atoms with van der Waals surface area (Å²) >= 11 is 0. The number of likely N-dealkylation sites (N-methyl/N-ethyl adjacent to an activating group) is 1. The standard InChI is InChI=1S/C23H23NO5/c1-24(13-16-4-5-18-11-20(27-2)7-6-17(18)10-16)23(26)15-29-22-9-8-21(28-3)12-19(22)14-25/h4-12,14H,13,15H2,1-3H3. The van der Waals surface area contributed by atoms with Gasteiger partial charge in [-0.05, 0) is 52.7 Å². The van der Waals surface area contributed by atoms with Crippen molar-refractivity contribution < 1.29 is 23.8 Å². The van der Waals surface area contributed by atoms with Gasteiger partial charge in [0.05, 0.1) is 19.8 Å². The zero-order valence-electron chi connectivity index (χ0n) is 16.7. The Morgan fingerprint density at radius 3 is 2.31 bits per heavy atom. The molecular formula is C23H23NO5. The third-order valence-electron chi connectivity index (χ3n) is 4.65. The molecule has 0 saturated heterocycles. The zero-order valence-corrected chi connectivity index (χ0v) is 16.7. The minimum atomic E-state index is -0.188. The number of hydrogen-bond acceptors (Lipinski definition) is 5. The van der Waals surface area contributed by atoms with E-state index < -0.39 is 0 Å². The maximum Gasteiger partial charge on any atom is 0.260 e. The highest BCUT2D eigenvalue weighted by atomic mass is 16.5. The molecule has 0 atom stereocenters. The quantitative estimate of drug-likeness (QED) is 0.546. The average Bonchev–Trinajstić information content (AvgIpc) is 2.76. The van der Waals surface area contributed by atoms with Crippen molar-refractivity contribution in [2.75, 3.05) is 27.9 Å². The van der Waals surface area contributed by atoms with Crippen LogP contribution in [0.2, 0.25) is 0 Å². The minimum absolute atomic E-state index is 0.158. The predicted octanol–water partition coefficient (Wildman–Crippen LogP) is 3.71. The number of benzene rings is 3. The van der Waals surface area contributed by atoms with Crippen LogP contribution < -0.4 is 14.2 Å². The van der Waals surface area contributed by atoms with E-state index in [0.29, 0.717) is 29.9 Å². The minimum Gasteiger partial charge on any atom is -0.497 e. The molecule has 3 aromatic rings. The van der Waals surface area contributed by atoms with E-state index in [2.05, 4.69) is 0 Å². The van der Waals surface area contributed by atoms with Crippen LogP contribution in [-0.2, 0) is 11.3 Å². The summed E-state index contributed by atoms with van der Waals surface area (Å²) in [6, 6.07) is 16.8. The second kappa shape index (κ2) is 9.10. The number of carbonyl (C=O) groups excluding carboxylic acids is 2. The van der Waals surface area contributed by atoms with Gasteiger partial charge in [-0.1, -0.05) is 18.2 Å². The van der Waals surface area contributed by atoms with E-state index in [9.17, 15) is 9.59 Å². The molecular weight excluding hydrogens is 370 g/mol. The Hall–Kier alpha value is -3.54. The Balaban J connectivity index is 1.63. The molecule has 1 amide bonds. The lowest BCUT2D eigenvalue weighted by molar-refractivity contribution is -0.132. The van der Waals surface area contributed by atoms with Crippen molar-refractivity contribution in [1.82, 2.24) is 4.90 Å². The number of carbonyl (C=O) groups is 2. The highest BCUT2D eigenvalue weighted by Gasteiger charge is 2.13. The van der Waals surface area contributed by atoms with Crippen LogP contribution in [0.4, 0.5) is 0 Å². The normalized spacial score (nSPS) is 10.4. The van der Waals surface area contributed by atoms with Gasteiger partial charge in [-0.15, -0.1) is 0 Å². The number of amides is 1. The van der Waals surface area contributed by atoms with Crippen LogP contribution in [0.25, 0.3) is 10.8 Å². The number of nitrogens with zero attached hydrogens (tertiary/aromatic N) is 1. The Labute approximate surface area is 169 Å². The Morgan fingerprint density at radius 2 is 1.59 bits per heavy atom. The van der Waals surface area contributed by atoms with Crippen LogP contribution in [0.15, 0.2) is 54.6 Å². The summed E-state index contributed by atoms with van der Waals surface area (Å²) in [7, 11) is 4.88. The third-order valence-corrected chi connectivity index (χ3v) is 4.65. The van der Waals surface area contributed by atoms with Gasteiger partial charge in [-0.25, -0.2) is 0 Å². The van der Waals surface area contributed by atoms with Gasteiger partial charge in [0, 0.05) is 13.6 Å². The highest BCUT2D eigenvalue weighted by Crippen LogP contribution is 2.24. The van der Waals surface area contributed by atoms with Gasteiger partial charge >= 0.3 is 0 Å². The van der Waals surface area contributed by atoms with Crippen LogP contribution in [-0.4, -0.2) is 45.0 Å². The number of fused-ring (bicyclic) bond motifs is 1. The molecule has 0 spiro atoms. The molecule has 0 unspecified atom stereocenters. The average molecular weight is 393 g/mol. The van der Waals surface area contributed by atoms with Crippen molar-refractivity contribution in [2.45, 2.75) is 6.54 Å². The van der Waals surface area contributed by atoms with Crippen LogP contribution in [0.5, 0.6) is 17.2 Å². The number of rotatable bonds is 8. The van der Waals surface area contributed by atoms with Crippen molar-refractivity contribution in [3.8, 4) is 17.2 Å². The number of ether oxygens (including phenoxy) is 3. The Bertz CT molecular complexity index is 1030. The lowest BCUT2D eigenvalue weighted by atomic mass is 10.1. The molecule has 3 rings (SSSR count). The van der Waals surface area contributed by atoms with Crippen LogP contribution in [0.1, 0.15) is 15.9 Å². The van der Waals surface area contributed by atoms with E-state index in [1.165, 1.54) is 7.11 Å². The topological polar surface area (TPSA) is 65.1 Å². The van der Waals surface area contributed by atoms with Gasteiger partial charge in [0.1, 0.15) is 17.2 Å². The molecule has 0 bridgehead atoms. The summed E-state index contributed by atoms with van der Waals surface area (Å²) in [6.07, 6.45) is 0.677. The summed E-state index contributed by atoms with van der Waals surface area (Å²) in [5.74, 6) is 1.52. The van der Waals surface area contributed by atoms with Crippen molar-refractivity contribution in [3.05, 3.63) is 65.7 Å². The van der Waals surface area contributed by atoms with Crippen molar-refractivity contribution >= 4 is 23.0 Å². The molecule has 0 saturated carbocycles. The lowest BCUT2D eigenvalue weighted by Crippen LogP contribution is -2.31. The first-order valence-corrected chi connectivity index (χ1v) is 9.10. The molecule has 0 heterocycles. The summed E-state index contributed by atoms with van der Waals surface area (Å²) in [6.45, 7) is 0.293. The largest absolute Gasteiger partial charge is 0.497 e.